The van der Waals surface area contributed by atoms with E-state index in [4.69, 9.17) is 4.74 Å². The van der Waals surface area contributed by atoms with Crippen molar-refractivity contribution in [3.8, 4) is 0 Å². The Morgan fingerprint density at radius 1 is 1.38 bits per heavy atom. The third-order valence-electron chi connectivity index (χ3n) is 3.43. The molecule has 0 aromatic carbocycles. The van der Waals surface area contributed by atoms with Gasteiger partial charge in [0.15, 0.2) is 5.96 Å². The van der Waals surface area contributed by atoms with Gasteiger partial charge in [-0.05, 0) is 33.6 Å². The third-order valence-corrected chi connectivity index (χ3v) is 3.43. The van der Waals surface area contributed by atoms with Crippen LogP contribution in [0.25, 0.3) is 0 Å². The molecule has 1 rings (SSSR count). The standard InChI is InChI=1S/C16H31N5O2.HI/c1-5-17-15(18-9-7-8-10-23-6-2)19-13-16(3,22)14-11-20-21(4)12-14;/h11-12,22H,5-10,13H2,1-4H3,(H2,17,18,19);1H. The maximum atomic E-state index is 10.6. The second-order valence-corrected chi connectivity index (χ2v) is 5.70. The largest absolute Gasteiger partial charge is 0.383 e. The molecule has 1 atom stereocenters. The predicted octanol–water partition coefficient (Wildman–Crippen LogP) is 1.62. The van der Waals surface area contributed by atoms with E-state index in [1.807, 2.05) is 27.1 Å². The van der Waals surface area contributed by atoms with E-state index in [0.717, 1.165) is 44.7 Å². The van der Waals surface area contributed by atoms with Crippen LogP contribution in [0.15, 0.2) is 17.4 Å². The molecule has 3 N–H and O–H groups in total. The van der Waals surface area contributed by atoms with Crippen molar-refractivity contribution in [2.24, 2.45) is 12.0 Å². The highest BCUT2D eigenvalue weighted by molar-refractivity contribution is 14.0. The van der Waals surface area contributed by atoms with Crippen LogP contribution in [0.3, 0.4) is 0 Å². The van der Waals surface area contributed by atoms with Gasteiger partial charge in [0.05, 0.1) is 12.7 Å². The summed E-state index contributed by atoms with van der Waals surface area (Å²) in [7, 11) is 1.83. The number of hydrogen-bond acceptors (Lipinski definition) is 4. The minimum atomic E-state index is -1.04. The van der Waals surface area contributed by atoms with Gasteiger partial charge in [0, 0.05) is 45.1 Å². The van der Waals surface area contributed by atoms with Gasteiger partial charge in [0.1, 0.15) is 5.60 Å². The Morgan fingerprint density at radius 3 is 2.71 bits per heavy atom. The van der Waals surface area contributed by atoms with Crippen LogP contribution < -0.4 is 10.6 Å². The molecule has 1 heterocycles. The number of guanidine groups is 1. The summed E-state index contributed by atoms with van der Waals surface area (Å²) in [6, 6.07) is 0. The van der Waals surface area contributed by atoms with Crippen LogP contribution in [-0.2, 0) is 17.4 Å². The zero-order chi connectivity index (χ0) is 17.1. The average Bonchev–Trinajstić information content (AvgIpc) is 2.95. The Hall–Kier alpha value is -0.870. The number of hydrogen-bond donors (Lipinski definition) is 3. The molecular formula is C16H32IN5O2. The average molecular weight is 453 g/mol. The molecule has 1 aromatic heterocycles. The highest BCUT2D eigenvalue weighted by Gasteiger charge is 2.24. The van der Waals surface area contributed by atoms with Crippen molar-refractivity contribution in [3.05, 3.63) is 18.0 Å². The summed E-state index contributed by atoms with van der Waals surface area (Å²) in [6.07, 6.45) is 5.52. The number of rotatable bonds is 10. The molecule has 0 bridgehead atoms. The quantitative estimate of drug-likeness (QED) is 0.217. The normalized spacial score (nSPS) is 14.0. The van der Waals surface area contributed by atoms with Gasteiger partial charge in [0.25, 0.3) is 0 Å². The van der Waals surface area contributed by atoms with E-state index in [2.05, 4.69) is 20.7 Å². The Kier molecular flexibility index (Phi) is 12.0. The Labute approximate surface area is 162 Å². The minimum Gasteiger partial charge on any atom is -0.383 e. The van der Waals surface area contributed by atoms with Crippen molar-refractivity contribution in [3.63, 3.8) is 0 Å². The molecule has 0 radical (unpaired) electrons. The maximum Gasteiger partial charge on any atom is 0.191 e. The lowest BCUT2D eigenvalue weighted by molar-refractivity contribution is 0.0672. The van der Waals surface area contributed by atoms with Crippen LogP contribution in [0, 0.1) is 0 Å². The maximum absolute atomic E-state index is 10.6. The summed E-state index contributed by atoms with van der Waals surface area (Å²) in [5.41, 5.74) is -0.276. The van der Waals surface area contributed by atoms with Crippen LogP contribution in [0.2, 0.25) is 0 Å². The number of aromatic nitrogens is 2. The summed E-state index contributed by atoms with van der Waals surface area (Å²) in [5, 5.41) is 21.1. The summed E-state index contributed by atoms with van der Waals surface area (Å²) in [4.78, 5) is 4.48. The van der Waals surface area contributed by atoms with Crippen LogP contribution >= 0.6 is 24.0 Å². The number of nitrogens with zero attached hydrogens (tertiary/aromatic N) is 3. The first-order valence-corrected chi connectivity index (χ1v) is 8.31. The van der Waals surface area contributed by atoms with Crippen molar-refractivity contribution in [1.29, 1.82) is 0 Å². The molecule has 0 spiro atoms. The monoisotopic (exact) mass is 453 g/mol. The van der Waals surface area contributed by atoms with Crippen molar-refractivity contribution < 1.29 is 9.84 Å². The smallest absolute Gasteiger partial charge is 0.191 e. The number of unbranched alkanes of at least 4 members (excludes halogenated alkanes) is 1. The number of aliphatic imine (C=N–C) groups is 1. The van der Waals surface area contributed by atoms with Gasteiger partial charge in [0.2, 0.25) is 0 Å². The molecule has 7 nitrogen and oxygen atoms in total. The molecule has 0 amide bonds. The van der Waals surface area contributed by atoms with E-state index in [1.165, 1.54) is 0 Å². The van der Waals surface area contributed by atoms with Gasteiger partial charge in [-0.1, -0.05) is 0 Å². The second-order valence-electron chi connectivity index (χ2n) is 5.70. The number of aliphatic hydroxyl groups is 1. The van der Waals surface area contributed by atoms with Gasteiger partial charge < -0.3 is 20.5 Å². The molecule has 1 aromatic rings. The Morgan fingerprint density at radius 2 is 2.12 bits per heavy atom. The van der Waals surface area contributed by atoms with E-state index in [-0.39, 0.29) is 30.5 Å². The van der Waals surface area contributed by atoms with Crippen molar-refractivity contribution in [1.82, 2.24) is 20.4 Å². The van der Waals surface area contributed by atoms with Crippen molar-refractivity contribution in [2.75, 3.05) is 32.8 Å². The van der Waals surface area contributed by atoms with E-state index < -0.39 is 5.60 Å². The molecule has 0 saturated heterocycles. The predicted molar refractivity (Wildman–Crippen MR) is 108 cm³/mol. The van der Waals surface area contributed by atoms with Gasteiger partial charge in [-0.25, -0.2) is 4.99 Å². The fourth-order valence-electron chi connectivity index (χ4n) is 2.05. The van der Waals surface area contributed by atoms with E-state index in [0.29, 0.717) is 5.96 Å². The van der Waals surface area contributed by atoms with E-state index in [1.54, 1.807) is 17.8 Å². The van der Waals surface area contributed by atoms with Crippen molar-refractivity contribution in [2.45, 2.75) is 39.2 Å². The fourth-order valence-corrected chi connectivity index (χ4v) is 2.05. The molecule has 0 saturated carbocycles. The van der Waals surface area contributed by atoms with Crippen LogP contribution in [0.4, 0.5) is 0 Å². The lowest BCUT2D eigenvalue weighted by Crippen LogP contribution is -2.39. The summed E-state index contributed by atoms with van der Waals surface area (Å²) in [6.45, 7) is 9.20. The van der Waals surface area contributed by atoms with Crippen molar-refractivity contribution >= 4 is 29.9 Å². The van der Waals surface area contributed by atoms with Gasteiger partial charge >= 0.3 is 0 Å². The van der Waals surface area contributed by atoms with Crippen LogP contribution in [0.5, 0.6) is 0 Å². The minimum absolute atomic E-state index is 0. The molecule has 0 fully saturated rings. The summed E-state index contributed by atoms with van der Waals surface area (Å²) >= 11 is 0. The number of halogens is 1. The first-order valence-electron chi connectivity index (χ1n) is 8.31. The van der Waals surface area contributed by atoms with Crippen LogP contribution in [-0.4, -0.2) is 53.7 Å². The molecule has 0 aliphatic carbocycles. The molecular weight excluding hydrogens is 421 g/mol. The zero-order valence-corrected chi connectivity index (χ0v) is 17.5. The Bertz CT molecular complexity index is 477. The SMILES string of the molecule is CCNC(=NCC(C)(O)c1cnn(C)c1)NCCCCOCC.I. The van der Waals surface area contributed by atoms with E-state index >= 15 is 0 Å². The highest BCUT2D eigenvalue weighted by Crippen LogP contribution is 2.19. The lowest BCUT2D eigenvalue weighted by Gasteiger charge is -2.20. The first kappa shape index (κ1) is 23.1. The molecule has 1 unspecified atom stereocenters. The molecule has 8 heteroatoms. The fraction of sp³-hybridized carbons (Fsp3) is 0.750. The summed E-state index contributed by atoms with van der Waals surface area (Å²) < 4.78 is 6.99. The topological polar surface area (TPSA) is 83.7 Å². The van der Waals surface area contributed by atoms with Gasteiger partial charge in [-0.15, -0.1) is 24.0 Å². The zero-order valence-electron chi connectivity index (χ0n) is 15.2. The number of ether oxygens (including phenoxy) is 1. The molecule has 140 valence electrons. The van der Waals surface area contributed by atoms with Crippen LogP contribution in [0.1, 0.15) is 39.2 Å². The highest BCUT2D eigenvalue weighted by atomic mass is 127. The molecule has 0 aliphatic heterocycles. The first-order chi connectivity index (χ1) is 11.0. The van der Waals surface area contributed by atoms with Gasteiger partial charge in [-0.2, -0.15) is 5.10 Å². The lowest BCUT2D eigenvalue weighted by atomic mass is 10.0. The third kappa shape index (κ3) is 8.84. The van der Waals surface area contributed by atoms with Gasteiger partial charge in [-0.3, -0.25) is 4.68 Å². The second kappa shape index (κ2) is 12.5. The molecule has 24 heavy (non-hydrogen) atoms. The Balaban J connectivity index is 0.00000529. The summed E-state index contributed by atoms with van der Waals surface area (Å²) in [5.74, 6) is 0.716. The van der Waals surface area contributed by atoms with E-state index in [9.17, 15) is 5.11 Å². The molecule has 0 aliphatic rings. The number of aryl methyl sites for hydroxylation is 1. The number of nitrogens with one attached hydrogen (secondary N) is 2.